The normalized spacial score (nSPS) is 30.7. The number of aliphatic carboxylic acids is 1. The van der Waals surface area contributed by atoms with Gasteiger partial charge in [-0.05, 0) is 13.3 Å². The summed E-state index contributed by atoms with van der Waals surface area (Å²) in [6, 6.07) is -0.0319. The van der Waals surface area contributed by atoms with Crippen LogP contribution in [0.5, 0.6) is 0 Å². The van der Waals surface area contributed by atoms with E-state index in [4.69, 9.17) is 10.8 Å². The smallest absolute Gasteiger partial charge is 0.353 e. The van der Waals surface area contributed by atoms with Gasteiger partial charge in [0.05, 0.1) is 11.3 Å². The molecule has 3 atom stereocenters. The van der Waals surface area contributed by atoms with Gasteiger partial charge in [0, 0.05) is 11.4 Å². The zero-order valence-electron chi connectivity index (χ0n) is 8.21. The van der Waals surface area contributed by atoms with Gasteiger partial charge in [-0.15, -0.1) is 11.8 Å². The molecule has 1 saturated heterocycles. The van der Waals surface area contributed by atoms with Gasteiger partial charge in [-0.2, -0.15) is 0 Å². The fourth-order valence-electron chi connectivity index (χ4n) is 1.90. The Kier molecular flexibility index (Phi) is 2.47. The maximum Gasteiger partial charge on any atom is 0.353 e. The van der Waals surface area contributed by atoms with E-state index in [0.717, 1.165) is 0 Å². The van der Waals surface area contributed by atoms with Gasteiger partial charge >= 0.3 is 5.97 Å². The maximum atomic E-state index is 11.6. The number of nitrogens with zero attached hydrogens (tertiary/aromatic N) is 1. The summed E-state index contributed by atoms with van der Waals surface area (Å²) in [5, 5.41) is 10.3. The summed E-state index contributed by atoms with van der Waals surface area (Å²) in [5.41, 5.74) is 5.72. The van der Waals surface area contributed by atoms with E-state index in [2.05, 4.69) is 0 Å². The number of hydrogen-bond donors (Lipinski definition) is 2. The highest BCUT2D eigenvalue weighted by Gasteiger charge is 2.53. The number of rotatable bonds is 3. The molecule has 2 rings (SSSR count). The molecule has 0 radical (unpaired) electrons. The van der Waals surface area contributed by atoms with Gasteiger partial charge in [0.25, 0.3) is 0 Å². The summed E-state index contributed by atoms with van der Waals surface area (Å²) < 4.78 is 0. The Morgan fingerprint density at radius 3 is 3.00 bits per heavy atom. The molecule has 2 unspecified atom stereocenters. The summed E-state index contributed by atoms with van der Waals surface area (Å²) in [7, 11) is 0. The van der Waals surface area contributed by atoms with E-state index >= 15 is 0 Å². The Bertz CT molecular complexity index is 353. The number of hydrogen-bond acceptors (Lipinski definition) is 4. The van der Waals surface area contributed by atoms with Crippen molar-refractivity contribution in [1.82, 2.24) is 4.90 Å². The molecule has 6 heteroatoms. The third-order valence-corrected chi connectivity index (χ3v) is 3.75. The molecule has 82 valence electrons. The first kappa shape index (κ1) is 10.5. The third-order valence-electron chi connectivity index (χ3n) is 2.58. The molecule has 0 aromatic carbocycles. The third kappa shape index (κ3) is 1.53. The quantitative estimate of drug-likeness (QED) is 0.673. The van der Waals surface area contributed by atoms with Gasteiger partial charge in [0.2, 0.25) is 5.91 Å². The summed E-state index contributed by atoms with van der Waals surface area (Å²) in [5.74, 6) is -1.28. The van der Waals surface area contributed by atoms with E-state index in [0.29, 0.717) is 6.42 Å². The van der Waals surface area contributed by atoms with Crippen molar-refractivity contribution in [2.75, 3.05) is 0 Å². The van der Waals surface area contributed by atoms with Crippen molar-refractivity contribution in [2.45, 2.75) is 24.8 Å². The maximum absolute atomic E-state index is 11.6. The molecule has 0 aliphatic carbocycles. The number of carbonyl (C=O) groups is 2. The fourth-order valence-corrected chi connectivity index (χ4v) is 3.14. The predicted octanol–water partition coefficient (Wildman–Crippen LogP) is 0.181. The van der Waals surface area contributed by atoms with Crippen LogP contribution in [-0.4, -0.2) is 33.3 Å². The Morgan fingerprint density at radius 1 is 1.80 bits per heavy atom. The van der Waals surface area contributed by atoms with Gasteiger partial charge in [-0.1, -0.05) is 0 Å². The van der Waals surface area contributed by atoms with Gasteiger partial charge in [-0.25, -0.2) is 4.79 Å². The van der Waals surface area contributed by atoms with Gasteiger partial charge in [-0.3, -0.25) is 9.69 Å². The molecule has 5 nitrogen and oxygen atoms in total. The minimum Gasteiger partial charge on any atom is -0.477 e. The van der Waals surface area contributed by atoms with Crippen LogP contribution in [-0.2, 0) is 9.59 Å². The first-order valence-corrected chi connectivity index (χ1v) is 5.64. The van der Waals surface area contributed by atoms with Crippen LogP contribution in [0.3, 0.4) is 0 Å². The zero-order chi connectivity index (χ0) is 11.2. The lowest BCUT2D eigenvalue weighted by molar-refractivity contribution is -0.152. The number of β-lactam (4-membered cyclic amide) rings is 1. The summed E-state index contributed by atoms with van der Waals surface area (Å²) >= 11 is 1.39. The molecule has 0 aromatic rings. The van der Waals surface area contributed by atoms with E-state index in [1.54, 1.807) is 0 Å². The minimum absolute atomic E-state index is 0.0319. The molecule has 2 aliphatic rings. The standard InChI is InChI=1S/C9H12N2O3S/c1-4(10)2-5-7(12)11-6(9(13)14)3-15-8(5)11/h3-5,8H,2,10H2,1H3,(H,13,14)/t4?,5?,8-/m0/s1. The monoisotopic (exact) mass is 228 g/mol. The van der Waals surface area contributed by atoms with Gasteiger partial charge < -0.3 is 10.8 Å². The van der Waals surface area contributed by atoms with Crippen molar-refractivity contribution in [3.05, 3.63) is 11.1 Å². The average Bonchev–Trinajstić information content (AvgIpc) is 2.54. The minimum atomic E-state index is -1.04. The molecule has 1 amide bonds. The Hall–Kier alpha value is -1.01. The van der Waals surface area contributed by atoms with Crippen LogP contribution >= 0.6 is 11.8 Å². The van der Waals surface area contributed by atoms with E-state index in [9.17, 15) is 9.59 Å². The fraction of sp³-hybridized carbons (Fsp3) is 0.556. The molecule has 2 aliphatic heterocycles. The number of nitrogens with two attached hydrogens (primary N) is 1. The zero-order valence-corrected chi connectivity index (χ0v) is 9.03. The van der Waals surface area contributed by atoms with Crippen molar-refractivity contribution >= 4 is 23.6 Å². The van der Waals surface area contributed by atoms with Crippen LogP contribution in [0.25, 0.3) is 0 Å². The predicted molar refractivity (Wildman–Crippen MR) is 55.7 cm³/mol. The average molecular weight is 228 g/mol. The van der Waals surface area contributed by atoms with Gasteiger partial charge in [0.1, 0.15) is 5.70 Å². The second kappa shape index (κ2) is 3.53. The molecule has 0 bridgehead atoms. The molecule has 1 fully saturated rings. The molecular formula is C9H12N2O3S. The summed E-state index contributed by atoms with van der Waals surface area (Å²) in [6.45, 7) is 1.85. The van der Waals surface area contributed by atoms with Crippen molar-refractivity contribution in [1.29, 1.82) is 0 Å². The van der Waals surface area contributed by atoms with E-state index in [1.165, 1.54) is 22.1 Å². The van der Waals surface area contributed by atoms with E-state index in [1.807, 2.05) is 6.92 Å². The Labute approximate surface area is 91.3 Å². The van der Waals surface area contributed by atoms with E-state index < -0.39 is 5.97 Å². The topological polar surface area (TPSA) is 83.6 Å². The first-order chi connectivity index (χ1) is 7.02. The van der Waals surface area contributed by atoms with Crippen LogP contribution in [0.2, 0.25) is 0 Å². The lowest BCUT2D eigenvalue weighted by Gasteiger charge is -2.43. The van der Waals surface area contributed by atoms with Crippen molar-refractivity contribution in [3.63, 3.8) is 0 Å². The van der Waals surface area contributed by atoms with Crippen molar-refractivity contribution < 1.29 is 14.7 Å². The van der Waals surface area contributed by atoms with Crippen molar-refractivity contribution in [3.8, 4) is 0 Å². The summed E-state index contributed by atoms with van der Waals surface area (Å²) in [4.78, 5) is 23.8. The molecule has 0 saturated carbocycles. The molecule has 0 aromatic heterocycles. The van der Waals surface area contributed by atoms with Gasteiger partial charge in [0.15, 0.2) is 0 Å². The largest absolute Gasteiger partial charge is 0.477 e. The molecular weight excluding hydrogens is 216 g/mol. The van der Waals surface area contributed by atoms with Crippen LogP contribution < -0.4 is 5.73 Å². The first-order valence-electron chi connectivity index (χ1n) is 4.70. The van der Waals surface area contributed by atoms with Crippen molar-refractivity contribution in [2.24, 2.45) is 11.7 Å². The molecule has 0 spiro atoms. The number of carboxylic acid groups (broad SMARTS) is 1. The SMILES string of the molecule is CC(N)CC1C(=O)N2C(C(=O)O)=CS[C@@H]12. The Balaban J connectivity index is 2.07. The summed E-state index contributed by atoms with van der Waals surface area (Å²) in [6.07, 6.45) is 0.619. The van der Waals surface area contributed by atoms with E-state index in [-0.39, 0.29) is 28.9 Å². The lowest BCUT2D eigenvalue weighted by Crippen LogP contribution is -2.58. The highest BCUT2D eigenvalue weighted by molar-refractivity contribution is 8.03. The number of carbonyl (C=O) groups excluding carboxylic acids is 1. The highest BCUT2D eigenvalue weighted by atomic mass is 32.2. The molecule has 15 heavy (non-hydrogen) atoms. The number of amides is 1. The number of thioether (sulfide) groups is 1. The second-order valence-corrected chi connectivity index (χ2v) is 4.85. The number of fused-ring (bicyclic) bond motifs is 1. The van der Waals surface area contributed by atoms with Crippen LogP contribution in [0.4, 0.5) is 0 Å². The van der Waals surface area contributed by atoms with Crippen LogP contribution in [0.15, 0.2) is 11.1 Å². The Morgan fingerprint density at radius 2 is 2.47 bits per heavy atom. The van der Waals surface area contributed by atoms with Crippen LogP contribution in [0.1, 0.15) is 13.3 Å². The molecule has 3 N–H and O–H groups in total. The second-order valence-electron chi connectivity index (χ2n) is 3.86. The highest BCUT2D eigenvalue weighted by Crippen LogP contribution is 2.46. The number of carboxylic acids is 1. The van der Waals surface area contributed by atoms with Crippen LogP contribution in [0, 0.1) is 5.92 Å². The lowest BCUT2D eigenvalue weighted by atomic mass is 9.91. The molecule has 2 heterocycles.